The molecule has 1 fully saturated rings. The molecular formula is C26H27ClN2O5. The van der Waals surface area contributed by atoms with Crippen LogP contribution >= 0.6 is 11.6 Å². The van der Waals surface area contributed by atoms with Crippen molar-refractivity contribution in [2.24, 2.45) is 0 Å². The van der Waals surface area contributed by atoms with E-state index in [2.05, 4.69) is 5.32 Å². The molecule has 0 unspecified atom stereocenters. The van der Waals surface area contributed by atoms with Gasteiger partial charge in [-0.05, 0) is 43.2 Å². The fourth-order valence-corrected chi connectivity index (χ4v) is 4.63. The van der Waals surface area contributed by atoms with E-state index < -0.39 is 11.9 Å². The van der Waals surface area contributed by atoms with Crippen LogP contribution in [0.5, 0.6) is 11.5 Å². The average Bonchev–Trinajstić information content (AvgIpc) is 3.57. The second-order valence-corrected chi connectivity index (χ2v) is 8.49. The van der Waals surface area contributed by atoms with Crippen molar-refractivity contribution in [2.45, 2.75) is 37.8 Å². The summed E-state index contributed by atoms with van der Waals surface area (Å²) in [6.45, 7) is 0. The normalized spacial score (nSPS) is 14.4. The number of methoxy groups -OCH3 is 2. The summed E-state index contributed by atoms with van der Waals surface area (Å²) in [5.41, 5.74) is 0.846. The lowest BCUT2D eigenvalue weighted by Gasteiger charge is -2.33. The minimum atomic E-state index is -1.09. The van der Waals surface area contributed by atoms with Gasteiger partial charge in [-0.3, -0.25) is 14.5 Å². The van der Waals surface area contributed by atoms with Crippen LogP contribution in [0.25, 0.3) is 0 Å². The number of ether oxygens (including phenoxy) is 2. The Morgan fingerprint density at radius 2 is 1.79 bits per heavy atom. The van der Waals surface area contributed by atoms with E-state index in [0.29, 0.717) is 27.8 Å². The molecule has 0 bridgehead atoms. The van der Waals surface area contributed by atoms with E-state index in [1.807, 2.05) is 0 Å². The highest BCUT2D eigenvalue weighted by atomic mass is 35.5. The van der Waals surface area contributed by atoms with Gasteiger partial charge >= 0.3 is 0 Å². The Labute approximate surface area is 203 Å². The number of amides is 2. The summed E-state index contributed by atoms with van der Waals surface area (Å²) in [5.74, 6) is 0.0531. The lowest BCUT2D eigenvalue weighted by Crippen LogP contribution is -2.46. The van der Waals surface area contributed by atoms with Gasteiger partial charge in [-0.1, -0.05) is 48.7 Å². The minimum Gasteiger partial charge on any atom is -0.493 e. The lowest BCUT2D eigenvalue weighted by molar-refractivity contribution is -0.123. The lowest BCUT2D eigenvalue weighted by atomic mass is 10.00. The first-order chi connectivity index (χ1) is 16.5. The van der Waals surface area contributed by atoms with Crippen LogP contribution in [0.2, 0.25) is 5.02 Å². The smallest absolute Gasteiger partial charge is 0.295 e. The number of carbonyl (C=O) groups is 2. The molecule has 1 atom stereocenters. The monoisotopic (exact) mass is 482 g/mol. The molecule has 8 heteroatoms. The van der Waals surface area contributed by atoms with E-state index in [1.54, 1.807) is 54.6 Å². The van der Waals surface area contributed by atoms with Gasteiger partial charge in [-0.25, -0.2) is 0 Å². The van der Waals surface area contributed by atoms with Crippen molar-refractivity contribution >= 4 is 29.1 Å². The molecule has 4 rings (SSSR count). The summed E-state index contributed by atoms with van der Waals surface area (Å²) in [6, 6.07) is 14.3. The Kier molecular flexibility index (Phi) is 7.43. The first-order valence-corrected chi connectivity index (χ1v) is 11.6. The number of hydrogen-bond donors (Lipinski definition) is 1. The van der Waals surface area contributed by atoms with Gasteiger partial charge in [0.25, 0.3) is 5.91 Å². The second kappa shape index (κ2) is 10.7. The maximum atomic E-state index is 13.9. The number of benzene rings is 2. The molecule has 0 spiro atoms. The van der Waals surface area contributed by atoms with Gasteiger partial charge in [0.05, 0.1) is 31.2 Å². The highest BCUT2D eigenvalue weighted by Crippen LogP contribution is 2.41. The average molecular weight is 483 g/mol. The Hall–Kier alpha value is -3.45. The van der Waals surface area contributed by atoms with E-state index >= 15 is 0 Å². The van der Waals surface area contributed by atoms with Gasteiger partial charge in [0.2, 0.25) is 5.91 Å². The zero-order valence-electron chi connectivity index (χ0n) is 19.1. The molecular weight excluding hydrogens is 456 g/mol. The largest absolute Gasteiger partial charge is 0.493 e. The number of anilines is 1. The van der Waals surface area contributed by atoms with E-state index in [0.717, 1.165) is 25.7 Å². The predicted molar refractivity (Wildman–Crippen MR) is 130 cm³/mol. The van der Waals surface area contributed by atoms with Crippen LogP contribution in [0, 0.1) is 0 Å². The predicted octanol–water partition coefficient (Wildman–Crippen LogP) is 5.40. The fourth-order valence-electron chi connectivity index (χ4n) is 4.41. The molecule has 0 saturated heterocycles. The van der Waals surface area contributed by atoms with Crippen molar-refractivity contribution in [2.75, 3.05) is 19.1 Å². The Balaban J connectivity index is 1.90. The fraction of sp³-hybridized carbons (Fsp3) is 0.308. The van der Waals surface area contributed by atoms with E-state index in [9.17, 15) is 9.59 Å². The SMILES string of the molecule is COc1cccc([C@H](C(=O)NC2CCCC2)N(C(=O)c2ccco2)c2ccccc2Cl)c1OC. The van der Waals surface area contributed by atoms with Crippen LogP contribution < -0.4 is 19.7 Å². The van der Waals surface area contributed by atoms with Gasteiger partial charge in [0, 0.05) is 11.6 Å². The van der Waals surface area contributed by atoms with E-state index in [4.69, 9.17) is 25.5 Å². The molecule has 3 aromatic rings. The number of halogens is 1. The summed E-state index contributed by atoms with van der Waals surface area (Å²) in [6.07, 6.45) is 5.31. The first-order valence-electron chi connectivity index (χ1n) is 11.2. The number of nitrogens with zero attached hydrogens (tertiary/aromatic N) is 1. The third-order valence-corrected chi connectivity index (χ3v) is 6.32. The summed E-state index contributed by atoms with van der Waals surface area (Å²) in [4.78, 5) is 29.0. The minimum absolute atomic E-state index is 0.0402. The highest BCUT2D eigenvalue weighted by molar-refractivity contribution is 6.34. The van der Waals surface area contributed by atoms with Crippen molar-refractivity contribution in [3.05, 3.63) is 77.2 Å². The number of rotatable bonds is 8. The number of nitrogens with one attached hydrogen (secondary N) is 1. The van der Waals surface area contributed by atoms with Gasteiger partial charge in [-0.2, -0.15) is 0 Å². The maximum absolute atomic E-state index is 13.9. The molecule has 7 nitrogen and oxygen atoms in total. The number of carbonyl (C=O) groups excluding carboxylic acids is 2. The van der Waals surface area contributed by atoms with E-state index in [1.165, 1.54) is 25.4 Å². The molecule has 2 aromatic carbocycles. The van der Waals surface area contributed by atoms with Crippen LogP contribution in [0.15, 0.2) is 65.3 Å². The zero-order valence-corrected chi connectivity index (χ0v) is 19.9. The van der Waals surface area contributed by atoms with Crippen molar-refractivity contribution in [3.63, 3.8) is 0 Å². The summed E-state index contributed by atoms with van der Waals surface area (Å²) < 4.78 is 16.5. The number of para-hydroxylation sites is 2. The van der Waals surface area contributed by atoms with Crippen LogP contribution in [0.4, 0.5) is 5.69 Å². The third-order valence-electron chi connectivity index (χ3n) is 6.00. The molecule has 1 N–H and O–H groups in total. The molecule has 178 valence electrons. The van der Waals surface area contributed by atoms with Crippen molar-refractivity contribution in [1.82, 2.24) is 5.32 Å². The summed E-state index contributed by atoms with van der Waals surface area (Å²) in [5, 5.41) is 3.46. The summed E-state index contributed by atoms with van der Waals surface area (Å²) >= 11 is 6.55. The highest BCUT2D eigenvalue weighted by Gasteiger charge is 2.38. The Morgan fingerprint density at radius 3 is 2.44 bits per heavy atom. The van der Waals surface area contributed by atoms with Gasteiger partial charge in [-0.15, -0.1) is 0 Å². The zero-order chi connectivity index (χ0) is 24.1. The Bertz CT molecular complexity index is 1140. The van der Waals surface area contributed by atoms with Crippen molar-refractivity contribution < 1.29 is 23.5 Å². The van der Waals surface area contributed by atoms with E-state index in [-0.39, 0.29) is 17.7 Å². The van der Waals surface area contributed by atoms with Crippen molar-refractivity contribution in [3.8, 4) is 11.5 Å². The van der Waals surface area contributed by atoms with Crippen LogP contribution in [-0.4, -0.2) is 32.1 Å². The number of hydrogen-bond acceptors (Lipinski definition) is 5. The molecule has 1 heterocycles. The second-order valence-electron chi connectivity index (χ2n) is 8.08. The van der Waals surface area contributed by atoms with Crippen LogP contribution in [0.3, 0.4) is 0 Å². The summed E-state index contributed by atoms with van der Waals surface area (Å²) in [7, 11) is 3.02. The molecule has 0 aliphatic heterocycles. The number of furan rings is 1. The Morgan fingerprint density at radius 1 is 1.03 bits per heavy atom. The quantitative estimate of drug-likeness (QED) is 0.465. The first kappa shape index (κ1) is 23.7. The third kappa shape index (κ3) is 4.75. The molecule has 34 heavy (non-hydrogen) atoms. The molecule has 0 radical (unpaired) electrons. The topological polar surface area (TPSA) is 81.0 Å². The van der Waals surface area contributed by atoms with Crippen molar-refractivity contribution in [1.29, 1.82) is 0 Å². The molecule has 1 saturated carbocycles. The van der Waals surface area contributed by atoms with Crippen LogP contribution in [-0.2, 0) is 4.79 Å². The van der Waals surface area contributed by atoms with Crippen LogP contribution in [0.1, 0.15) is 47.8 Å². The standard InChI is InChI=1S/C26H27ClN2O5/c1-32-21-14-7-11-18(24(21)33-2)23(25(30)28-17-9-3-4-10-17)29(20-13-6-5-12-19(20)27)26(31)22-15-8-16-34-22/h5-8,11-17,23H,3-4,9-10H2,1-2H3,(H,28,30)/t23-/m1/s1. The molecule has 2 amide bonds. The van der Waals surface area contributed by atoms with Gasteiger partial charge in [0.1, 0.15) is 6.04 Å². The molecule has 1 aromatic heterocycles. The molecule has 1 aliphatic carbocycles. The van der Waals surface area contributed by atoms with Gasteiger partial charge in [0.15, 0.2) is 17.3 Å². The molecule has 1 aliphatic rings. The van der Waals surface area contributed by atoms with Gasteiger partial charge < -0.3 is 19.2 Å². The maximum Gasteiger partial charge on any atom is 0.295 e.